The van der Waals surface area contributed by atoms with Gasteiger partial charge in [0.15, 0.2) is 0 Å². The molecule has 1 aromatic heterocycles. The molecule has 3 rings (SSSR count). The van der Waals surface area contributed by atoms with Crippen LogP contribution >= 0.6 is 0 Å². The number of aromatic nitrogens is 2. The Labute approximate surface area is 115 Å². The van der Waals surface area contributed by atoms with E-state index in [1.54, 1.807) is 0 Å². The Kier molecular flexibility index (Phi) is 3.39. The monoisotopic (exact) mass is 263 g/mol. The van der Waals surface area contributed by atoms with Crippen molar-refractivity contribution in [3.05, 3.63) is 18.0 Å². The molecule has 2 saturated heterocycles. The van der Waals surface area contributed by atoms with Gasteiger partial charge in [0.2, 0.25) is 0 Å². The minimum absolute atomic E-state index is 0.136. The highest BCUT2D eigenvalue weighted by Crippen LogP contribution is 2.48. The van der Waals surface area contributed by atoms with E-state index in [1.165, 1.54) is 18.5 Å². The highest BCUT2D eigenvalue weighted by atomic mass is 16.5. The molecule has 0 amide bonds. The van der Waals surface area contributed by atoms with Gasteiger partial charge in [0.1, 0.15) is 0 Å². The highest BCUT2D eigenvalue weighted by Gasteiger charge is 2.51. The molecule has 0 radical (unpaired) electrons. The highest BCUT2D eigenvalue weighted by molar-refractivity contribution is 5.10. The average molecular weight is 263 g/mol. The largest absolute Gasteiger partial charge is 0.374 e. The average Bonchev–Trinajstić information content (AvgIpc) is 3.13. The molecule has 0 aromatic carbocycles. The standard InChI is InChI=1S/C15H25N3O/c1-3-11(2)18-7-6-12(17-18)8-15(10-16)9-13-4-5-14(15)19-13/h6-7,11,13-14H,3-5,8-10,16H2,1-2H3. The number of hydrogen-bond donors (Lipinski definition) is 1. The SMILES string of the molecule is CCC(C)n1ccc(CC2(CN)CC3CCC2O3)n1. The molecule has 2 aliphatic heterocycles. The van der Waals surface area contributed by atoms with E-state index in [-0.39, 0.29) is 5.41 Å². The molecule has 4 atom stereocenters. The van der Waals surface area contributed by atoms with Crippen molar-refractivity contribution >= 4 is 0 Å². The maximum absolute atomic E-state index is 6.08. The molecule has 2 aliphatic rings. The van der Waals surface area contributed by atoms with Gasteiger partial charge in [0.05, 0.1) is 17.9 Å². The summed E-state index contributed by atoms with van der Waals surface area (Å²) in [5, 5.41) is 4.73. The van der Waals surface area contributed by atoms with Crippen molar-refractivity contribution in [3.63, 3.8) is 0 Å². The van der Waals surface area contributed by atoms with Crippen molar-refractivity contribution in [2.45, 2.75) is 64.2 Å². The van der Waals surface area contributed by atoms with Gasteiger partial charge in [-0.1, -0.05) is 6.92 Å². The summed E-state index contributed by atoms with van der Waals surface area (Å²) in [6.07, 6.45) is 8.49. The summed E-state index contributed by atoms with van der Waals surface area (Å²) < 4.78 is 8.09. The van der Waals surface area contributed by atoms with E-state index in [9.17, 15) is 0 Å². The van der Waals surface area contributed by atoms with Crippen LogP contribution in [0.4, 0.5) is 0 Å². The summed E-state index contributed by atoms with van der Waals surface area (Å²) in [6.45, 7) is 5.11. The molecule has 106 valence electrons. The van der Waals surface area contributed by atoms with Crippen molar-refractivity contribution in [1.29, 1.82) is 0 Å². The van der Waals surface area contributed by atoms with E-state index in [2.05, 4.69) is 30.8 Å². The zero-order valence-corrected chi connectivity index (χ0v) is 12.0. The second-order valence-electron chi connectivity index (χ2n) is 6.32. The molecule has 19 heavy (non-hydrogen) atoms. The quantitative estimate of drug-likeness (QED) is 0.887. The van der Waals surface area contributed by atoms with Gasteiger partial charge in [-0.2, -0.15) is 5.10 Å². The molecular formula is C15H25N3O. The lowest BCUT2D eigenvalue weighted by molar-refractivity contribution is 0.0632. The number of hydrogen-bond acceptors (Lipinski definition) is 3. The summed E-state index contributed by atoms with van der Waals surface area (Å²) in [7, 11) is 0. The third-order valence-corrected chi connectivity index (χ3v) is 5.07. The Morgan fingerprint density at radius 3 is 3.00 bits per heavy atom. The van der Waals surface area contributed by atoms with E-state index in [4.69, 9.17) is 15.6 Å². The van der Waals surface area contributed by atoms with Gasteiger partial charge in [0, 0.05) is 30.6 Å². The van der Waals surface area contributed by atoms with Crippen molar-refractivity contribution < 1.29 is 4.74 Å². The zero-order valence-electron chi connectivity index (χ0n) is 12.0. The minimum atomic E-state index is 0.136. The molecule has 4 nitrogen and oxygen atoms in total. The smallest absolute Gasteiger partial charge is 0.0652 e. The van der Waals surface area contributed by atoms with Gasteiger partial charge < -0.3 is 10.5 Å². The molecule has 0 aliphatic carbocycles. The molecule has 3 heterocycles. The fourth-order valence-corrected chi connectivity index (χ4v) is 3.63. The van der Waals surface area contributed by atoms with Crippen LogP contribution in [0.1, 0.15) is 51.3 Å². The van der Waals surface area contributed by atoms with Crippen LogP contribution in [0, 0.1) is 5.41 Å². The summed E-state index contributed by atoms with van der Waals surface area (Å²) >= 11 is 0. The predicted molar refractivity (Wildman–Crippen MR) is 74.9 cm³/mol. The molecule has 1 aromatic rings. The minimum Gasteiger partial charge on any atom is -0.374 e. The molecular weight excluding hydrogens is 238 g/mol. The number of rotatable bonds is 5. The van der Waals surface area contributed by atoms with Crippen LogP contribution < -0.4 is 5.73 Å². The number of nitrogens with two attached hydrogens (primary N) is 1. The Hall–Kier alpha value is -0.870. The first-order valence-electron chi connectivity index (χ1n) is 7.56. The first kappa shape index (κ1) is 13.1. The normalized spacial score (nSPS) is 34.9. The molecule has 2 bridgehead atoms. The van der Waals surface area contributed by atoms with E-state index in [0.29, 0.717) is 24.8 Å². The summed E-state index contributed by atoms with van der Waals surface area (Å²) in [6, 6.07) is 2.62. The summed E-state index contributed by atoms with van der Waals surface area (Å²) in [4.78, 5) is 0. The van der Waals surface area contributed by atoms with Gasteiger partial charge in [-0.15, -0.1) is 0 Å². The molecule has 4 heteroatoms. The van der Waals surface area contributed by atoms with Crippen molar-refractivity contribution in [3.8, 4) is 0 Å². The van der Waals surface area contributed by atoms with Crippen LogP contribution in [0.15, 0.2) is 12.3 Å². The lowest BCUT2D eigenvalue weighted by Crippen LogP contribution is -2.41. The van der Waals surface area contributed by atoms with Gasteiger partial charge in [0.25, 0.3) is 0 Å². The number of nitrogens with zero attached hydrogens (tertiary/aromatic N) is 2. The Morgan fingerprint density at radius 2 is 2.42 bits per heavy atom. The fraction of sp³-hybridized carbons (Fsp3) is 0.800. The Bertz CT molecular complexity index is 444. The van der Waals surface area contributed by atoms with Gasteiger partial charge in [-0.05, 0) is 38.7 Å². The van der Waals surface area contributed by atoms with Crippen LogP contribution in [0.3, 0.4) is 0 Å². The lowest BCUT2D eigenvalue weighted by Gasteiger charge is -2.33. The molecule has 0 saturated carbocycles. The van der Waals surface area contributed by atoms with Crippen LogP contribution in [-0.2, 0) is 11.2 Å². The Balaban J connectivity index is 1.75. The van der Waals surface area contributed by atoms with Crippen LogP contribution in [0.5, 0.6) is 0 Å². The van der Waals surface area contributed by atoms with E-state index in [1.807, 2.05) is 0 Å². The first-order valence-corrected chi connectivity index (χ1v) is 7.56. The number of fused-ring (bicyclic) bond motifs is 2. The second kappa shape index (κ2) is 4.91. The maximum atomic E-state index is 6.08. The molecule has 2 fully saturated rings. The lowest BCUT2D eigenvalue weighted by atomic mass is 9.71. The number of ether oxygens (including phenoxy) is 1. The summed E-state index contributed by atoms with van der Waals surface area (Å²) in [5.41, 5.74) is 7.39. The van der Waals surface area contributed by atoms with E-state index < -0.39 is 0 Å². The third-order valence-electron chi connectivity index (χ3n) is 5.07. The van der Waals surface area contributed by atoms with Crippen LogP contribution in [0.2, 0.25) is 0 Å². The summed E-state index contributed by atoms with van der Waals surface area (Å²) in [5.74, 6) is 0. The van der Waals surface area contributed by atoms with E-state index >= 15 is 0 Å². The van der Waals surface area contributed by atoms with E-state index in [0.717, 1.165) is 19.3 Å². The van der Waals surface area contributed by atoms with Gasteiger partial charge in [-0.3, -0.25) is 4.68 Å². The van der Waals surface area contributed by atoms with Crippen molar-refractivity contribution in [2.75, 3.05) is 6.54 Å². The molecule has 4 unspecified atom stereocenters. The van der Waals surface area contributed by atoms with Gasteiger partial charge >= 0.3 is 0 Å². The fourth-order valence-electron chi connectivity index (χ4n) is 3.63. The van der Waals surface area contributed by atoms with Crippen LogP contribution in [-0.4, -0.2) is 28.5 Å². The first-order chi connectivity index (χ1) is 9.16. The Morgan fingerprint density at radius 1 is 1.58 bits per heavy atom. The third kappa shape index (κ3) is 2.21. The topological polar surface area (TPSA) is 53.1 Å². The zero-order chi connectivity index (χ0) is 13.5. The van der Waals surface area contributed by atoms with Crippen molar-refractivity contribution in [2.24, 2.45) is 11.1 Å². The van der Waals surface area contributed by atoms with Gasteiger partial charge in [-0.25, -0.2) is 0 Å². The molecule has 2 N–H and O–H groups in total. The second-order valence-corrected chi connectivity index (χ2v) is 6.32. The molecule has 0 spiro atoms. The van der Waals surface area contributed by atoms with Crippen molar-refractivity contribution in [1.82, 2.24) is 9.78 Å². The predicted octanol–water partition coefficient (Wildman–Crippen LogP) is 2.29. The maximum Gasteiger partial charge on any atom is 0.0652 e. The van der Waals surface area contributed by atoms with Crippen LogP contribution in [0.25, 0.3) is 0 Å².